The van der Waals surface area contributed by atoms with Crippen LogP contribution in [0.3, 0.4) is 0 Å². The van der Waals surface area contributed by atoms with E-state index in [2.05, 4.69) is 39.6 Å². The summed E-state index contributed by atoms with van der Waals surface area (Å²) in [5.41, 5.74) is 9.51. The maximum Gasteiger partial charge on any atom is 0.246 e. The van der Waals surface area contributed by atoms with Crippen LogP contribution in [0.2, 0.25) is 0 Å². The van der Waals surface area contributed by atoms with Gasteiger partial charge in [-0.2, -0.15) is 0 Å². The molecule has 0 unspecified atom stereocenters. The Balaban J connectivity index is 1.40. The molecule has 1 atom stereocenters. The standard InChI is InChI=1S/C24H26N6O/c1-2-22(31)29-9-11-30(12-10-29)24-19-8-7-17(13-20(19)26-15-27-24)23-18-6-4-3-5-16(18)14-21(25)28-23/h2-6,14-15,17H,1,7-13H2,(H2,25,28)/t17-/m0/s1. The van der Waals surface area contributed by atoms with E-state index in [-0.39, 0.29) is 11.8 Å². The maximum absolute atomic E-state index is 11.9. The fourth-order valence-electron chi connectivity index (χ4n) is 4.86. The Hall–Kier alpha value is -3.48. The van der Waals surface area contributed by atoms with Gasteiger partial charge in [0, 0.05) is 48.7 Å². The lowest BCUT2D eigenvalue weighted by atomic mass is 9.83. The highest BCUT2D eigenvalue weighted by atomic mass is 16.2. The molecule has 2 aromatic heterocycles. The van der Waals surface area contributed by atoms with Crippen LogP contribution in [0.1, 0.15) is 29.3 Å². The molecule has 158 valence electrons. The van der Waals surface area contributed by atoms with Crippen molar-refractivity contribution < 1.29 is 4.79 Å². The monoisotopic (exact) mass is 414 g/mol. The van der Waals surface area contributed by atoms with Crippen LogP contribution in [0.4, 0.5) is 11.6 Å². The molecule has 2 aliphatic rings. The lowest BCUT2D eigenvalue weighted by Crippen LogP contribution is -2.49. The van der Waals surface area contributed by atoms with Crippen LogP contribution >= 0.6 is 0 Å². The van der Waals surface area contributed by atoms with Crippen molar-refractivity contribution in [3.05, 3.63) is 66.3 Å². The smallest absolute Gasteiger partial charge is 0.246 e. The molecule has 1 saturated heterocycles. The fourth-order valence-corrected chi connectivity index (χ4v) is 4.86. The number of piperazine rings is 1. The predicted molar refractivity (Wildman–Crippen MR) is 122 cm³/mol. The third kappa shape index (κ3) is 3.60. The molecule has 5 rings (SSSR count). The van der Waals surface area contributed by atoms with Crippen molar-refractivity contribution in [2.75, 3.05) is 36.8 Å². The second-order valence-electron chi connectivity index (χ2n) is 8.23. The summed E-state index contributed by atoms with van der Waals surface area (Å²) >= 11 is 0. The zero-order valence-corrected chi connectivity index (χ0v) is 17.5. The largest absolute Gasteiger partial charge is 0.384 e. The van der Waals surface area contributed by atoms with Gasteiger partial charge in [-0.15, -0.1) is 0 Å². The summed E-state index contributed by atoms with van der Waals surface area (Å²) in [5, 5.41) is 2.30. The van der Waals surface area contributed by atoms with Crippen molar-refractivity contribution in [3.63, 3.8) is 0 Å². The summed E-state index contributed by atoms with van der Waals surface area (Å²) in [6.07, 6.45) is 5.79. The van der Waals surface area contributed by atoms with Crippen molar-refractivity contribution in [2.45, 2.75) is 25.2 Å². The number of anilines is 2. The number of hydrogen-bond acceptors (Lipinski definition) is 6. The first-order valence-corrected chi connectivity index (χ1v) is 10.8. The van der Waals surface area contributed by atoms with Gasteiger partial charge in [-0.05, 0) is 36.8 Å². The first-order valence-electron chi connectivity index (χ1n) is 10.8. The van der Waals surface area contributed by atoms with Gasteiger partial charge in [-0.1, -0.05) is 30.8 Å². The van der Waals surface area contributed by atoms with E-state index in [1.54, 1.807) is 6.33 Å². The Morgan fingerprint density at radius 1 is 1.16 bits per heavy atom. The molecule has 0 bridgehead atoms. The van der Waals surface area contributed by atoms with Crippen molar-refractivity contribution >= 4 is 28.3 Å². The minimum atomic E-state index is -0.00549. The summed E-state index contributed by atoms with van der Waals surface area (Å²) in [6.45, 7) is 6.50. The number of nitrogens with zero attached hydrogens (tertiary/aromatic N) is 5. The van der Waals surface area contributed by atoms with Gasteiger partial charge < -0.3 is 15.5 Å². The molecule has 3 aromatic rings. The topological polar surface area (TPSA) is 88.2 Å². The zero-order chi connectivity index (χ0) is 21.4. The molecule has 0 radical (unpaired) electrons. The van der Waals surface area contributed by atoms with Gasteiger partial charge in [0.2, 0.25) is 5.91 Å². The molecule has 1 aromatic carbocycles. The number of hydrogen-bond donors (Lipinski definition) is 1. The Bertz CT molecular complexity index is 1150. The van der Waals surface area contributed by atoms with Gasteiger partial charge in [0.1, 0.15) is 18.0 Å². The molecule has 1 aliphatic carbocycles. The second-order valence-corrected chi connectivity index (χ2v) is 8.23. The molecular formula is C24H26N6O. The van der Waals surface area contributed by atoms with Crippen LogP contribution in [-0.4, -0.2) is 51.9 Å². The van der Waals surface area contributed by atoms with E-state index in [1.807, 2.05) is 17.0 Å². The molecule has 1 fully saturated rings. The Morgan fingerprint density at radius 2 is 1.97 bits per heavy atom. The molecule has 0 spiro atoms. The number of carbonyl (C=O) groups is 1. The number of nitrogens with two attached hydrogens (primary N) is 1. The Labute approximate surface area is 181 Å². The molecule has 1 aliphatic heterocycles. The number of aromatic nitrogens is 3. The predicted octanol–water partition coefficient (Wildman–Crippen LogP) is 2.71. The van der Waals surface area contributed by atoms with Crippen molar-refractivity contribution in [1.29, 1.82) is 0 Å². The van der Waals surface area contributed by atoms with Crippen LogP contribution in [0, 0.1) is 0 Å². The molecule has 7 heteroatoms. The third-order valence-corrected chi connectivity index (χ3v) is 6.44. The number of amides is 1. The summed E-state index contributed by atoms with van der Waals surface area (Å²) in [7, 11) is 0. The lowest BCUT2D eigenvalue weighted by molar-refractivity contribution is -0.126. The number of rotatable bonds is 3. The molecule has 1 amide bonds. The number of pyridine rings is 1. The molecule has 31 heavy (non-hydrogen) atoms. The number of carbonyl (C=O) groups excluding carboxylic acids is 1. The summed E-state index contributed by atoms with van der Waals surface area (Å²) in [5.74, 6) is 1.86. The summed E-state index contributed by atoms with van der Waals surface area (Å²) < 4.78 is 0. The minimum absolute atomic E-state index is 0.00549. The van der Waals surface area contributed by atoms with E-state index in [4.69, 9.17) is 10.7 Å². The maximum atomic E-state index is 11.9. The highest BCUT2D eigenvalue weighted by molar-refractivity contribution is 5.87. The minimum Gasteiger partial charge on any atom is -0.384 e. The second kappa shape index (κ2) is 7.98. The Kier molecular flexibility index (Phi) is 5.02. The highest BCUT2D eigenvalue weighted by Gasteiger charge is 2.29. The SMILES string of the molecule is C=CC(=O)N1CCN(c2ncnc3c2CC[C@H](c2nc(N)cc4ccccc24)C3)CC1. The van der Waals surface area contributed by atoms with Crippen molar-refractivity contribution in [2.24, 2.45) is 0 Å². The highest BCUT2D eigenvalue weighted by Crippen LogP contribution is 2.37. The first kappa shape index (κ1) is 19.5. The number of nitrogen functional groups attached to an aromatic ring is 1. The van der Waals surface area contributed by atoms with Crippen molar-refractivity contribution in [1.82, 2.24) is 19.9 Å². The molecular weight excluding hydrogens is 388 g/mol. The number of fused-ring (bicyclic) bond motifs is 2. The van der Waals surface area contributed by atoms with Gasteiger partial charge in [-0.3, -0.25) is 4.79 Å². The normalized spacial score (nSPS) is 18.6. The fraction of sp³-hybridized carbons (Fsp3) is 0.333. The van der Waals surface area contributed by atoms with Crippen LogP contribution in [-0.2, 0) is 17.6 Å². The summed E-state index contributed by atoms with van der Waals surface area (Å²) in [4.78, 5) is 30.0. The lowest BCUT2D eigenvalue weighted by Gasteiger charge is -2.37. The van der Waals surface area contributed by atoms with E-state index in [9.17, 15) is 4.79 Å². The van der Waals surface area contributed by atoms with E-state index >= 15 is 0 Å². The van der Waals surface area contributed by atoms with Gasteiger partial charge >= 0.3 is 0 Å². The van der Waals surface area contributed by atoms with E-state index in [0.29, 0.717) is 18.9 Å². The van der Waals surface area contributed by atoms with Gasteiger partial charge in [0.25, 0.3) is 0 Å². The van der Waals surface area contributed by atoms with Gasteiger partial charge in [0.15, 0.2) is 0 Å². The molecule has 2 N–H and O–H groups in total. The third-order valence-electron chi connectivity index (χ3n) is 6.44. The van der Waals surface area contributed by atoms with Crippen molar-refractivity contribution in [3.8, 4) is 0 Å². The number of benzene rings is 1. The molecule has 3 heterocycles. The van der Waals surface area contributed by atoms with E-state index < -0.39 is 0 Å². The first-order chi connectivity index (χ1) is 15.1. The average molecular weight is 415 g/mol. The van der Waals surface area contributed by atoms with Crippen LogP contribution in [0.25, 0.3) is 10.8 Å². The molecule has 0 saturated carbocycles. The van der Waals surface area contributed by atoms with Gasteiger partial charge in [0.05, 0.1) is 5.69 Å². The van der Waals surface area contributed by atoms with Crippen LogP contribution in [0.5, 0.6) is 0 Å². The Morgan fingerprint density at radius 3 is 2.77 bits per heavy atom. The average Bonchev–Trinajstić information content (AvgIpc) is 2.82. The van der Waals surface area contributed by atoms with Crippen LogP contribution in [0.15, 0.2) is 49.3 Å². The quantitative estimate of drug-likeness (QED) is 0.663. The van der Waals surface area contributed by atoms with E-state index in [0.717, 1.165) is 54.9 Å². The zero-order valence-electron chi connectivity index (χ0n) is 17.5. The van der Waals surface area contributed by atoms with E-state index in [1.165, 1.54) is 17.0 Å². The molecule has 7 nitrogen and oxygen atoms in total. The van der Waals surface area contributed by atoms with Gasteiger partial charge in [-0.25, -0.2) is 15.0 Å². The van der Waals surface area contributed by atoms with Crippen LogP contribution < -0.4 is 10.6 Å². The summed E-state index contributed by atoms with van der Waals surface area (Å²) in [6, 6.07) is 10.2.